The fraction of sp³-hybridized carbons (Fsp3) is 0.250. The van der Waals surface area contributed by atoms with Gasteiger partial charge in [-0.3, -0.25) is 0 Å². The average Bonchev–Trinajstić information content (AvgIpc) is 2.46. The highest BCUT2D eigenvalue weighted by molar-refractivity contribution is 5.80. The first kappa shape index (κ1) is 14.1. The van der Waals surface area contributed by atoms with Crippen molar-refractivity contribution in [3.63, 3.8) is 0 Å². The third-order valence-corrected chi connectivity index (χ3v) is 2.68. The molecule has 4 nitrogen and oxygen atoms in total. The Balaban J connectivity index is 2.23. The molecular formula is C16H18N2O2. The Morgan fingerprint density at radius 3 is 2.40 bits per heavy atom. The Morgan fingerprint density at radius 1 is 1.10 bits per heavy atom. The van der Waals surface area contributed by atoms with Gasteiger partial charge >= 0.3 is 5.97 Å². The Hall–Kier alpha value is -2.36. The molecule has 0 spiro atoms. The molecule has 1 N–H and O–H groups in total. The van der Waals surface area contributed by atoms with Gasteiger partial charge in [0.25, 0.3) is 0 Å². The number of benzene rings is 1. The van der Waals surface area contributed by atoms with Crippen LogP contribution in [0.25, 0.3) is 0 Å². The first-order chi connectivity index (χ1) is 9.66. The summed E-state index contributed by atoms with van der Waals surface area (Å²) in [6, 6.07) is 14.4. The van der Waals surface area contributed by atoms with E-state index in [1.807, 2.05) is 62.4 Å². The molecule has 0 saturated heterocycles. The molecule has 1 atom stereocenters. The molecule has 0 saturated carbocycles. The van der Waals surface area contributed by atoms with Crippen LogP contribution in [0.5, 0.6) is 0 Å². The van der Waals surface area contributed by atoms with E-state index >= 15 is 0 Å². The fourth-order valence-electron chi connectivity index (χ4n) is 1.82. The number of carbonyl (C=O) groups is 1. The van der Waals surface area contributed by atoms with Crippen molar-refractivity contribution in [3.8, 4) is 0 Å². The van der Waals surface area contributed by atoms with E-state index in [0.717, 1.165) is 5.56 Å². The summed E-state index contributed by atoms with van der Waals surface area (Å²) in [6.45, 7) is 3.67. The van der Waals surface area contributed by atoms with Gasteiger partial charge in [-0.05, 0) is 31.5 Å². The summed E-state index contributed by atoms with van der Waals surface area (Å²) >= 11 is 0. The van der Waals surface area contributed by atoms with Gasteiger partial charge in [0.05, 0.1) is 6.10 Å². The number of anilines is 1. The van der Waals surface area contributed by atoms with Gasteiger partial charge in [0.1, 0.15) is 5.82 Å². The SMILES string of the molecule is CC(C)OC(=O)[C@@H](Nc1ccccn1)c1ccccc1. The predicted octanol–water partition coefficient (Wildman–Crippen LogP) is 3.19. The minimum Gasteiger partial charge on any atom is -0.461 e. The van der Waals surface area contributed by atoms with E-state index in [2.05, 4.69) is 10.3 Å². The summed E-state index contributed by atoms with van der Waals surface area (Å²) in [5.41, 5.74) is 0.851. The summed E-state index contributed by atoms with van der Waals surface area (Å²) in [4.78, 5) is 16.4. The number of esters is 1. The molecule has 0 radical (unpaired) electrons. The average molecular weight is 270 g/mol. The monoisotopic (exact) mass is 270 g/mol. The van der Waals surface area contributed by atoms with Crippen molar-refractivity contribution in [2.45, 2.75) is 26.0 Å². The molecule has 0 fully saturated rings. The second kappa shape index (κ2) is 6.70. The number of hydrogen-bond acceptors (Lipinski definition) is 4. The van der Waals surface area contributed by atoms with Crippen LogP contribution in [-0.2, 0) is 9.53 Å². The van der Waals surface area contributed by atoms with E-state index in [1.165, 1.54) is 0 Å². The lowest BCUT2D eigenvalue weighted by Crippen LogP contribution is -2.26. The molecule has 104 valence electrons. The molecule has 0 bridgehead atoms. The third kappa shape index (κ3) is 3.82. The van der Waals surface area contributed by atoms with E-state index in [0.29, 0.717) is 5.82 Å². The van der Waals surface area contributed by atoms with Gasteiger partial charge in [-0.1, -0.05) is 36.4 Å². The van der Waals surface area contributed by atoms with Crippen molar-refractivity contribution in [2.75, 3.05) is 5.32 Å². The van der Waals surface area contributed by atoms with E-state index in [1.54, 1.807) is 6.20 Å². The number of ether oxygens (including phenoxy) is 1. The zero-order chi connectivity index (χ0) is 14.4. The second-order valence-corrected chi connectivity index (χ2v) is 4.69. The molecule has 1 heterocycles. The maximum atomic E-state index is 12.2. The van der Waals surface area contributed by atoms with Gasteiger partial charge in [0.2, 0.25) is 0 Å². The zero-order valence-corrected chi connectivity index (χ0v) is 11.6. The molecule has 0 unspecified atom stereocenters. The Kier molecular flexibility index (Phi) is 4.71. The molecule has 0 aliphatic rings. The Bertz CT molecular complexity index is 541. The maximum Gasteiger partial charge on any atom is 0.333 e. The standard InChI is InChI=1S/C16H18N2O2/c1-12(2)20-16(19)15(13-8-4-3-5-9-13)18-14-10-6-7-11-17-14/h3-12,15H,1-2H3,(H,17,18)/t15-/m0/s1. The number of hydrogen-bond donors (Lipinski definition) is 1. The van der Waals surface area contributed by atoms with Gasteiger partial charge in [0, 0.05) is 6.20 Å². The van der Waals surface area contributed by atoms with Crippen molar-refractivity contribution in [1.29, 1.82) is 0 Å². The number of aromatic nitrogens is 1. The van der Waals surface area contributed by atoms with Crippen LogP contribution in [0.3, 0.4) is 0 Å². The first-order valence-corrected chi connectivity index (χ1v) is 6.60. The van der Waals surface area contributed by atoms with Gasteiger partial charge in [-0.15, -0.1) is 0 Å². The van der Waals surface area contributed by atoms with E-state index in [4.69, 9.17) is 4.74 Å². The van der Waals surface area contributed by atoms with Gasteiger partial charge in [-0.2, -0.15) is 0 Å². The predicted molar refractivity (Wildman–Crippen MR) is 78.3 cm³/mol. The van der Waals surface area contributed by atoms with Crippen LogP contribution >= 0.6 is 0 Å². The lowest BCUT2D eigenvalue weighted by molar-refractivity contribution is -0.148. The molecule has 4 heteroatoms. The topological polar surface area (TPSA) is 51.2 Å². The van der Waals surface area contributed by atoms with Gasteiger partial charge in [-0.25, -0.2) is 9.78 Å². The van der Waals surface area contributed by atoms with E-state index < -0.39 is 6.04 Å². The lowest BCUT2D eigenvalue weighted by Gasteiger charge is -2.19. The smallest absolute Gasteiger partial charge is 0.333 e. The van der Waals surface area contributed by atoms with Crippen LogP contribution in [0.1, 0.15) is 25.5 Å². The van der Waals surface area contributed by atoms with Crippen LogP contribution < -0.4 is 5.32 Å². The molecule has 0 aliphatic carbocycles. The molecule has 0 aliphatic heterocycles. The first-order valence-electron chi connectivity index (χ1n) is 6.60. The largest absolute Gasteiger partial charge is 0.461 e. The van der Waals surface area contributed by atoms with Crippen LogP contribution in [0.4, 0.5) is 5.82 Å². The van der Waals surface area contributed by atoms with Crippen LogP contribution in [0, 0.1) is 0 Å². The van der Waals surface area contributed by atoms with Crippen molar-refractivity contribution in [2.24, 2.45) is 0 Å². The minimum absolute atomic E-state index is 0.153. The van der Waals surface area contributed by atoms with Crippen LogP contribution in [-0.4, -0.2) is 17.1 Å². The zero-order valence-electron chi connectivity index (χ0n) is 11.6. The van der Waals surface area contributed by atoms with E-state index in [9.17, 15) is 4.79 Å². The van der Waals surface area contributed by atoms with Gasteiger partial charge in [0.15, 0.2) is 6.04 Å². The van der Waals surface area contributed by atoms with Crippen molar-refractivity contribution < 1.29 is 9.53 Å². The number of pyridine rings is 1. The molecule has 1 aromatic carbocycles. The fourth-order valence-corrected chi connectivity index (χ4v) is 1.82. The van der Waals surface area contributed by atoms with Crippen LogP contribution in [0.15, 0.2) is 54.7 Å². The second-order valence-electron chi connectivity index (χ2n) is 4.69. The summed E-state index contributed by atoms with van der Waals surface area (Å²) in [5, 5.41) is 3.11. The lowest BCUT2D eigenvalue weighted by atomic mass is 10.1. The number of carbonyl (C=O) groups excluding carboxylic acids is 1. The normalized spacial score (nSPS) is 11.9. The van der Waals surface area contributed by atoms with Crippen molar-refractivity contribution in [1.82, 2.24) is 4.98 Å². The summed E-state index contributed by atoms with van der Waals surface area (Å²) in [7, 11) is 0. The Labute approximate surface area is 118 Å². The highest BCUT2D eigenvalue weighted by atomic mass is 16.5. The molecule has 2 aromatic rings. The summed E-state index contributed by atoms with van der Waals surface area (Å²) in [6.07, 6.45) is 1.53. The highest BCUT2D eigenvalue weighted by Crippen LogP contribution is 2.20. The van der Waals surface area contributed by atoms with Crippen molar-refractivity contribution >= 4 is 11.8 Å². The number of rotatable bonds is 5. The quantitative estimate of drug-likeness (QED) is 0.848. The maximum absolute atomic E-state index is 12.2. The van der Waals surface area contributed by atoms with Gasteiger partial charge < -0.3 is 10.1 Å². The summed E-state index contributed by atoms with van der Waals surface area (Å²) < 4.78 is 5.31. The molecule has 1 aromatic heterocycles. The molecule has 2 rings (SSSR count). The summed E-state index contributed by atoms with van der Waals surface area (Å²) in [5.74, 6) is 0.332. The number of nitrogens with zero attached hydrogens (tertiary/aromatic N) is 1. The highest BCUT2D eigenvalue weighted by Gasteiger charge is 2.23. The third-order valence-electron chi connectivity index (χ3n) is 2.68. The Morgan fingerprint density at radius 2 is 1.80 bits per heavy atom. The number of nitrogens with one attached hydrogen (secondary N) is 1. The molecule has 0 amide bonds. The minimum atomic E-state index is -0.562. The molecule has 20 heavy (non-hydrogen) atoms. The van der Waals surface area contributed by atoms with E-state index in [-0.39, 0.29) is 12.1 Å². The van der Waals surface area contributed by atoms with Crippen molar-refractivity contribution in [3.05, 3.63) is 60.3 Å². The molecular weight excluding hydrogens is 252 g/mol. The van der Waals surface area contributed by atoms with Crippen LogP contribution in [0.2, 0.25) is 0 Å².